The molecule has 6 heteroatoms. The number of rotatable bonds is 5. The predicted molar refractivity (Wildman–Crippen MR) is 81.1 cm³/mol. The second-order valence-corrected chi connectivity index (χ2v) is 5.57. The maximum absolute atomic E-state index is 5.40. The molecule has 1 aliphatic heterocycles. The lowest BCUT2D eigenvalue weighted by atomic mass is 10.1. The van der Waals surface area contributed by atoms with E-state index in [0.29, 0.717) is 23.2 Å². The molecule has 1 N–H and O–H groups in total. The second kappa shape index (κ2) is 6.79. The molecule has 0 unspecified atom stereocenters. The van der Waals surface area contributed by atoms with Crippen molar-refractivity contribution in [3.8, 4) is 22.9 Å². The Hall–Kier alpha value is -2.08. The molecule has 118 valence electrons. The van der Waals surface area contributed by atoms with Crippen molar-refractivity contribution in [1.29, 1.82) is 0 Å². The minimum atomic E-state index is 0.590. The maximum Gasteiger partial charge on any atom is 0.282 e. The molecule has 0 aliphatic carbocycles. The minimum Gasteiger partial charge on any atom is -0.493 e. The van der Waals surface area contributed by atoms with Crippen molar-refractivity contribution in [3.05, 3.63) is 24.1 Å². The molecular weight excluding hydrogens is 282 g/mol. The molecule has 0 amide bonds. The number of hydrogen-bond acceptors (Lipinski definition) is 5. The summed E-state index contributed by atoms with van der Waals surface area (Å²) in [4.78, 5) is 6.03. The molecule has 0 atom stereocenters. The summed E-state index contributed by atoms with van der Waals surface area (Å²) >= 11 is 0. The van der Waals surface area contributed by atoms with Gasteiger partial charge in [-0.1, -0.05) is 5.16 Å². The Balaban J connectivity index is 1.75. The molecule has 2 aromatic rings. The summed E-state index contributed by atoms with van der Waals surface area (Å²) in [7, 11) is 3.23. The van der Waals surface area contributed by atoms with Gasteiger partial charge in [0.15, 0.2) is 18.0 Å². The first-order valence-corrected chi connectivity index (χ1v) is 7.68. The Morgan fingerprint density at radius 2 is 1.86 bits per heavy atom. The van der Waals surface area contributed by atoms with Crippen LogP contribution in [0.15, 0.2) is 22.7 Å². The van der Waals surface area contributed by atoms with Gasteiger partial charge >= 0.3 is 0 Å². The highest BCUT2D eigenvalue weighted by Crippen LogP contribution is 2.31. The number of benzene rings is 1. The van der Waals surface area contributed by atoms with Crippen molar-refractivity contribution < 1.29 is 18.9 Å². The van der Waals surface area contributed by atoms with Gasteiger partial charge < -0.3 is 18.9 Å². The molecule has 1 saturated heterocycles. The first-order chi connectivity index (χ1) is 10.8. The summed E-state index contributed by atoms with van der Waals surface area (Å²) in [6.45, 7) is 3.18. The standard InChI is InChI=1S/C16H21N3O3/c1-20-13-7-6-12(10-14(13)21-2)16-17-15(22-18-16)11-19-8-4-3-5-9-19/h6-7,10H,3-5,8-9,11H2,1-2H3/p+1. The van der Waals surface area contributed by atoms with E-state index in [4.69, 9.17) is 14.0 Å². The van der Waals surface area contributed by atoms with Gasteiger partial charge in [-0.2, -0.15) is 4.98 Å². The number of ether oxygens (including phenoxy) is 2. The second-order valence-electron chi connectivity index (χ2n) is 5.57. The van der Waals surface area contributed by atoms with Crippen molar-refractivity contribution in [2.75, 3.05) is 27.3 Å². The summed E-state index contributed by atoms with van der Waals surface area (Å²) in [5, 5.41) is 4.09. The van der Waals surface area contributed by atoms with Gasteiger partial charge in [0.2, 0.25) is 5.82 Å². The number of quaternary nitrogens is 1. The van der Waals surface area contributed by atoms with Crippen LogP contribution in [-0.4, -0.2) is 37.4 Å². The average molecular weight is 304 g/mol. The van der Waals surface area contributed by atoms with Gasteiger partial charge in [-0.15, -0.1) is 0 Å². The molecule has 1 fully saturated rings. The van der Waals surface area contributed by atoms with Crippen LogP contribution in [0.5, 0.6) is 11.5 Å². The zero-order valence-electron chi connectivity index (χ0n) is 13.1. The van der Waals surface area contributed by atoms with Gasteiger partial charge in [0, 0.05) is 5.56 Å². The zero-order chi connectivity index (χ0) is 15.4. The lowest BCUT2D eigenvalue weighted by Crippen LogP contribution is -3.11. The molecule has 3 rings (SSSR count). The molecule has 0 spiro atoms. The Morgan fingerprint density at radius 3 is 2.59 bits per heavy atom. The topological polar surface area (TPSA) is 61.8 Å². The smallest absolute Gasteiger partial charge is 0.282 e. The zero-order valence-corrected chi connectivity index (χ0v) is 13.1. The molecule has 1 aromatic carbocycles. The van der Waals surface area contributed by atoms with E-state index in [1.165, 1.54) is 37.3 Å². The van der Waals surface area contributed by atoms with Crippen molar-refractivity contribution in [2.24, 2.45) is 0 Å². The Bertz CT molecular complexity index is 621. The van der Waals surface area contributed by atoms with E-state index in [1.54, 1.807) is 14.2 Å². The van der Waals surface area contributed by atoms with Gasteiger partial charge in [0.25, 0.3) is 5.89 Å². The molecule has 1 aromatic heterocycles. The first kappa shape index (κ1) is 14.8. The lowest BCUT2D eigenvalue weighted by Gasteiger charge is -2.21. The molecule has 1 aliphatic rings. The van der Waals surface area contributed by atoms with Gasteiger partial charge in [-0.25, -0.2) is 0 Å². The van der Waals surface area contributed by atoms with E-state index < -0.39 is 0 Å². The highest BCUT2D eigenvalue weighted by Gasteiger charge is 2.18. The largest absolute Gasteiger partial charge is 0.493 e. The number of hydrogen-bond donors (Lipinski definition) is 1. The third kappa shape index (κ3) is 3.22. The van der Waals surface area contributed by atoms with Crippen molar-refractivity contribution in [1.82, 2.24) is 10.1 Å². The molecule has 2 heterocycles. The van der Waals surface area contributed by atoms with Crippen LogP contribution in [0, 0.1) is 0 Å². The fourth-order valence-electron chi connectivity index (χ4n) is 2.86. The summed E-state index contributed by atoms with van der Waals surface area (Å²) in [6, 6.07) is 5.62. The predicted octanol–water partition coefficient (Wildman–Crippen LogP) is 1.32. The van der Waals surface area contributed by atoms with Crippen molar-refractivity contribution in [3.63, 3.8) is 0 Å². The van der Waals surface area contributed by atoms with Crippen molar-refractivity contribution >= 4 is 0 Å². The summed E-state index contributed by atoms with van der Waals surface area (Å²) < 4.78 is 15.9. The van der Waals surface area contributed by atoms with Gasteiger partial charge in [0.1, 0.15) is 0 Å². The third-order valence-electron chi connectivity index (χ3n) is 4.07. The van der Waals surface area contributed by atoms with Gasteiger partial charge in [0.05, 0.1) is 27.3 Å². The number of likely N-dealkylation sites (tertiary alicyclic amines) is 1. The van der Waals surface area contributed by atoms with Gasteiger partial charge in [-0.3, -0.25) is 0 Å². The van der Waals surface area contributed by atoms with E-state index in [1.807, 2.05) is 18.2 Å². The van der Waals surface area contributed by atoms with Crippen LogP contribution >= 0.6 is 0 Å². The SMILES string of the molecule is COc1ccc(-c2noc(C[NH+]3CCCCC3)n2)cc1OC. The van der Waals surface area contributed by atoms with Crippen LogP contribution in [0.2, 0.25) is 0 Å². The Labute approximate surface area is 130 Å². The van der Waals surface area contributed by atoms with E-state index in [9.17, 15) is 0 Å². The van der Waals surface area contributed by atoms with Crippen LogP contribution < -0.4 is 14.4 Å². The molecule has 0 saturated carbocycles. The molecule has 22 heavy (non-hydrogen) atoms. The van der Waals surface area contributed by atoms with E-state index in [0.717, 1.165) is 12.1 Å². The molecule has 0 bridgehead atoms. The summed E-state index contributed by atoms with van der Waals surface area (Å²) in [5.74, 6) is 2.63. The number of nitrogens with zero attached hydrogens (tertiary/aromatic N) is 2. The van der Waals surface area contributed by atoms with Crippen LogP contribution in [0.1, 0.15) is 25.2 Å². The maximum atomic E-state index is 5.40. The van der Waals surface area contributed by atoms with E-state index in [-0.39, 0.29) is 0 Å². The normalized spacial score (nSPS) is 15.7. The van der Waals surface area contributed by atoms with E-state index >= 15 is 0 Å². The number of methoxy groups -OCH3 is 2. The Morgan fingerprint density at radius 1 is 1.09 bits per heavy atom. The Kier molecular flexibility index (Phi) is 4.58. The number of piperidine rings is 1. The van der Waals surface area contributed by atoms with Crippen LogP contribution in [0.25, 0.3) is 11.4 Å². The number of nitrogens with one attached hydrogen (secondary N) is 1. The van der Waals surface area contributed by atoms with Gasteiger partial charge in [-0.05, 0) is 37.5 Å². The fourth-order valence-corrected chi connectivity index (χ4v) is 2.86. The number of aromatic nitrogens is 2. The summed E-state index contributed by atoms with van der Waals surface area (Å²) in [6.07, 6.45) is 3.90. The average Bonchev–Trinajstić information content (AvgIpc) is 3.03. The monoisotopic (exact) mass is 304 g/mol. The highest BCUT2D eigenvalue weighted by atomic mass is 16.5. The molecule has 0 radical (unpaired) electrons. The minimum absolute atomic E-state index is 0.590. The third-order valence-corrected chi connectivity index (χ3v) is 4.07. The summed E-state index contributed by atoms with van der Waals surface area (Å²) in [5.41, 5.74) is 0.862. The van der Waals surface area contributed by atoms with E-state index in [2.05, 4.69) is 10.1 Å². The fraction of sp³-hybridized carbons (Fsp3) is 0.500. The van der Waals surface area contributed by atoms with Crippen LogP contribution in [0.4, 0.5) is 0 Å². The van der Waals surface area contributed by atoms with Crippen LogP contribution in [0.3, 0.4) is 0 Å². The highest BCUT2D eigenvalue weighted by molar-refractivity contribution is 5.60. The first-order valence-electron chi connectivity index (χ1n) is 7.68. The quantitative estimate of drug-likeness (QED) is 0.903. The molecular formula is C16H22N3O3+. The van der Waals surface area contributed by atoms with Crippen molar-refractivity contribution in [2.45, 2.75) is 25.8 Å². The van der Waals surface area contributed by atoms with Crippen LogP contribution in [-0.2, 0) is 6.54 Å². The molecule has 6 nitrogen and oxygen atoms in total. The lowest BCUT2D eigenvalue weighted by molar-refractivity contribution is -0.919.